The van der Waals surface area contributed by atoms with Crippen molar-refractivity contribution in [2.24, 2.45) is 0 Å². The van der Waals surface area contributed by atoms with Crippen LogP contribution in [0.1, 0.15) is 31.9 Å². The normalized spacial score (nSPS) is 15.4. The number of hydrogen-bond donors (Lipinski definition) is 1. The fourth-order valence-corrected chi connectivity index (χ4v) is 3.13. The number of carbonyl (C=O) groups excluding carboxylic acids is 1. The topological polar surface area (TPSA) is 32.8 Å². The second-order valence-electron chi connectivity index (χ2n) is 7.62. The summed E-state index contributed by atoms with van der Waals surface area (Å²) in [6, 6.07) is 3.38. The van der Waals surface area contributed by atoms with Crippen LogP contribution in [0, 0.1) is 6.92 Å². The summed E-state index contributed by atoms with van der Waals surface area (Å²) in [5, 5.41) is 0. The molecule has 1 aliphatic heterocycles. The molecule has 2 rings (SSSR count). The van der Waals surface area contributed by atoms with Crippen molar-refractivity contribution < 1.29 is 73.9 Å². The van der Waals surface area contributed by atoms with Crippen molar-refractivity contribution in [2.75, 3.05) is 31.1 Å². The Bertz CT molecular complexity index is 675. The number of rotatable bonds is 3. The van der Waals surface area contributed by atoms with Crippen LogP contribution >= 0.6 is 12.6 Å². The smallest absolute Gasteiger partial charge is 0.449 e. The summed E-state index contributed by atoms with van der Waals surface area (Å²) in [5.74, 6) is 0. The molecule has 1 aromatic carbocycles. The van der Waals surface area contributed by atoms with Crippen molar-refractivity contribution in [1.29, 1.82) is 0 Å². The van der Waals surface area contributed by atoms with Gasteiger partial charge in [-0.3, -0.25) is 0 Å². The number of nitrogens with zero attached hydrogens (tertiary/aromatic N) is 2. The largest absolute Gasteiger partial charge is 1.00 e. The molecule has 1 heterocycles. The van der Waals surface area contributed by atoms with E-state index in [0.29, 0.717) is 42.3 Å². The summed E-state index contributed by atoms with van der Waals surface area (Å²) in [6.07, 6.45) is -1.28. The predicted molar refractivity (Wildman–Crippen MR) is 101 cm³/mol. The van der Waals surface area contributed by atoms with E-state index >= 15 is 0 Å². The van der Waals surface area contributed by atoms with Crippen molar-refractivity contribution in [3.63, 3.8) is 0 Å². The third-order valence-electron chi connectivity index (χ3n) is 4.22. The van der Waals surface area contributed by atoms with Gasteiger partial charge in [-0.15, -0.1) is 12.6 Å². The molecule has 0 aliphatic carbocycles. The van der Waals surface area contributed by atoms with E-state index in [1.54, 1.807) is 24.0 Å². The van der Waals surface area contributed by atoms with Gasteiger partial charge < -0.3 is 27.5 Å². The molecule has 0 N–H and O–H groups in total. The molecule has 0 unspecified atom stereocenters. The Morgan fingerprint density at radius 1 is 1.19 bits per heavy atom. The summed E-state index contributed by atoms with van der Waals surface area (Å²) < 4.78 is 44.0. The third-order valence-corrected chi connectivity index (χ3v) is 4.68. The van der Waals surface area contributed by atoms with Gasteiger partial charge >= 0.3 is 64.5 Å². The molecule has 1 amide bonds. The average Bonchev–Trinajstić information content (AvgIpc) is 2.49. The summed E-state index contributed by atoms with van der Waals surface area (Å²) in [5.41, 5.74) is 0.970. The van der Waals surface area contributed by atoms with E-state index < -0.39 is 18.9 Å². The van der Waals surface area contributed by atoms with Crippen LogP contribution in [-0.2, 0) is 11.1 Å². The number of thiol groups is 1. The maximum Gasteiger partial charge on any atom is 1.00 e. The molecule has 0 atom stereocenters. The minimum absolute atomic E-state index is 0. The Hall–Kier alpha value is 0.131. The molecule has 1 saturated heterocycles. The van der Waals surface area contributed by atoms with Gasteiger partial charge in [-0.05, 0) is 45.4 Å². The molecule has 10 heteroatoms. The minimum Gasteiger partial charge on any atom is -0.449 e. The minimum atomic E-state index is -4.91. The second kappa shape index (κ2) is 9.76. The van der Waals surface area contributed by atoms with Crippen LogP contribution in [0.15, 0.2) is 17.0 Å². The van der Waals surface area contributed by atoms with Crippen LogP contribution in [0.2, 0.25) is 0 Å². The zero-order chi connectivity index (χ0) is 19.7. The molecule has 0 aromatic heterocycles. The molecule has 146 valence electrons. The quantitative estimate of drug-likeness (QED) is 0.582. The Kier molecular flexibility index (Phi) is 9.09. The van der Waals surface area contributed by atoms with Crippen molar-refractivity contribution in [2.45, 2.75) is 44.5 Å². The van der Waals surface area contributed by atoms with Crippen LogP contribution in [0.25, 0.3) is 0 Å². The molecule has 1 aliphatic rings. The standard InChI is InChI=1S/C17H25BF3N2O2S.K/c1-12-13(11-18(19,20)21)9-14(10-15(12)26)22-5-7-23(8-6-22)16(24)25-17(2,3)4;/h9-10,26H,5-8,11H2,1-4H3;/q-1;+1. The number of halogens is 3. The molecule has 4 nitrogen and oxygen atoms in total. The van der Waals surface area contributed by atoms with Crippen LogP contribution < -0.4 is 56.3 Å². The van der Waals surface area contributed by atoms with Gasteiger partial charge in [-0.2, -0.15) is 0 Å². The number of benzene rings is 1. The Morgan fingerprint density at radius 2 is 1.74 bits per heavy atom. The van der Waals surface area contributed by atoms with Crippen LogP contribution in [0.3, 0.4) is 0 Å². The summed E-state index contributed by atoms with van der Waals surface area (Å²) >= 11 is 4.33. The first-order chi connectivity index (χ1) is 11.9. The number of ether oxygens (including phenoxy) is 1. The number of amides is 1. The zero-order valence-electron chi connectivity index (χ0n) is 16.6. The maximum atomic E-state index is 12.9. The molecule has 0 radical (unpaired) electrons. The average molecular weight is 428 g/mol. The Morgan fingerprint density at radius 3 is 2.22 bits per heavy atom. The summed E-state index contributed by atoms with van der Waals surface area (Å²) in [4.78, 5) is 16.3. The zero-order valence-corrected chi connectivity index (χ0v) is 20.6. The van der Waals surface area contributed by atoms with Crippen molar-refractivity contribution in [3.05, 3.63) is 23.3 Å². The molecule has 1 fully saturated rings. The number of hydrogen-bond acceptors (Lipinski definition) is 4. The van der Waals surface area contributed by atoms with Gasteiger partial charge in [-0.1, -0.05) is 11.9 Å². The molecular weight excluding hydrogens is 403 g/mol. The van der Waals surface area contributed by atoms with E-state index in [1.807, 2.05) is 25.7 Å². The first kappa shape index (κ1) is 25.2. The first-order valence-electron chi connectivity index (χ1n) is 8.62. The predicted octanol–water partition coefficient (Wildman–Crippen LogP) is 1.27. The maximum absolute atomic E-state index is 12.9. The molecule has 0 spiro atoms. The Labute approximate surface area is 207 Å². The van der Waals surface area contributed by atoms with Crippen molar-refractivity contribution in [1.82, 2.24) is 4.90 Å². The van der Waals surface area contributed by atoms with Gasteiger partial charge in [0, 0.05) is 36.8 Å². The van der Waals surface area contributed by atoms with E-state index in [0.717, 1.165) is 0 Å². The van der Waals surface area contributed by atoms with Crippen LogP contribution in [-0.4, -0.2) is 49.8 Å². The molecular formula is C17H25BF3KN2O2S. The molecule has 0 bridgehead atoms. The fraction of sp³-hybridized carbons (Fsp3) is 0.588. The monoisotopic (exact) mass is 428 g/mol. The summed E-state index contributed by atoms with van der Waals surface area (Å²) in [7, 11) is 0. The molecule has 0 saturated carbocycles. The SMILES string of the molecule is Cc1c(S)cc(N2CCN(C(=O)OC(C)(C)C)CC2)cc1C[B-](F)(F)F.[K+]. The first-order valence-corrected chi connectivity index (χ1v) is 9.07. The second-order valence-corrected chi connectivity index (χ2v) is 8.10. The Balaban J connectivity index is 0.00000364. The van der Waals surface area contributed by atoms with Crippen LogP contribution in [0.5, 0.6) is 0 Å². The van der Waals surface area contributed by atoms with Gasteiger partial charge in [0.1, 0.15) is 5.60 Å². The van der Waals surface area contributed by atoms with Crippen molar-refractivity contribution in [3.8, 4) is 0 Å². The van der Waals surface area contributed by atoms with E-state index in [1.165, 1.54) is 0 Å². The molecule has 1 aromatic rings. The van der Waals surface area contributed by atoms with E-state index in [-0.39, 0.29) is 63.0 Å². The number of piperazine rings is 1. The third kappa shape index (κ3) is 7.81. The van der Waals surface area contributed by atoms with Gasteiger partial charge in [0.2, 0.25) is 0 Å². The van der Waals surface area contributed by atoms with Gasteiger partial charge in [0.25, 0.3) is 0 Å². The van der Waals surface area contributed by atoms with Gasteiger partial charge in [0.15, 0.2) is 0 Å². The van der Waals surface area contributed by atoms with E-state index in [4.69, 9.17) is 4.74 Å². The van der Waals surface area contributed by atoms with Gasteiger partial charge in [0.05, 0.1) is 0 Å². The van der Waals surface area contributed by atoms with E-state index in [9.17, 15) is 17.7 Å². The van der Waals surface area contributed by atoms with E-state index in [2.05, 4.69) is 12.6 Å². The fourth-order valence-electron chi connectivity index (χ4n) is 2.86. The number of carbonyl (C=O) groups is 1. The van der Waals surface area contributed by atoms with Gasteiger partial charge in [-0.25, -0.2) is 4.79 Å². The van der Waals surface area contributed by atoms with Crippen LogP contribution in [0.4, 0.5) is 23.4 Å². The molecule has 27 heavy (non-hydrogen) atoms. The summed E-state index contributed by atoms with van der Waals surface area (Å²) in [6.45, 7) is 4.17. The van der Waals surface area contributed by atoms with Crippen molar-refractivity contribution >= 4 is 31.4 Å². The number of anilines is 1.